The first-order valence-corrected chi connectivity index (χ1v) is 7.56. The Morgan fingerprint density at radius 2 is 2.00 bits per heavy atom. The summed E-state index contributed by atoms with van der Waals surface area (Å²) < 4.78 is 43.0. The number of thiocarbonyl (C=S) groups is 1. The van der Waals surface area contributed by atoms with Gasteiger partial charge in [0.1, 0.15) is 4.99 Å². The van der Waals surface area contributed by atoms with Crippen LogP contribution in [0.25, 0.3) is 0 Å². The van der Waals surface area contributed by atoms with Gasteiger partial charge in [-0.05, 0) is 18.2 Å². The Morgan fingerprint density at radius 3 is 2.52 bits per heavy atom. The number of hydrogen-bond donors (Lipinski definition) is 2. The molecule has 8 nitrogen and oxygen atoms in total. The maximum absolute atomic E-state index is 12.6. The van der Waals surface area contributed by atoms with Crippen LogP contribution in [0.4, 0.5) is 23.7 Å². The van der Waals surface area contributed by atoms with Crippen molar-refractivity contribution >= 4 is 28.9 Å². The van der Waals surface area contributed by atoms with Crippen LogP contribution in [0.15, 0.2) is 36.5 Å². The summed E-state index contributed by atoms with van der Waals surface area (Å²) in [5.41, 5.74) is -1.67. The van der Waals surface area contributed by atoms with Crippen molar-refractivity contribution in [2.45, 2.75) is 6.18 Å². The molecular formula is C15H11F3N4O4S. The third kappa shape index (κ3) is 4.88. The van der Waals surface area contributed by atoms with Gasteiger partial charge in [-0.25, -0.2) is 9.78 Å². The number of para-hydroxylation sites is 1. The van der Waals surface area contributed by atoms with Gasteiger partial charge in [0.05, 0.1) is 16.1 Å². The fourth-order valence-corrected chi connectivity index (χ4v) is 2.19. The lowest BCUT2D eigenvalue weighted by molar-refractivity contribution is -0.385. The molecule has 2 amide bonds. The molecular weight excluding hydrogens is 389 g/mol. The van der Waals surface area contributed by atoms with Crippen LogP contribution in [0.1, 0.15) is 11.1 Å². The molecule has 27 heavy (non-hydrogen) atoms. The fourth-order valence-electron chi connectivity index (χ4n) is 1.93. The van der Waals surface area contributed by atoms with E-state index in [1.165, 1.54) is 25.2 Å². The Hall–Kier alpha value is -3.28. The fraction of sp³-hybridized carbons (Fsp3) is 0.133. The van der Waals surface area contributed by atoms with Gasteiger partial charge in [-0.1, -0.05) is 18.3 Å². The van der Waals surface area contributed by atoms with Gasteiger partial charge in [0.15, 0.2) is 0 Å². The number of nitro benzene ring substituents is 1. The average Bonchev–Trinajstić information content (AvgIpc) is 2.60. The van der Waals surface area contributed by atoms with Crippen LogP contribution in [0.2, 0.25) is 0 Å². The van der Waals surface area contributed by atoms with Gasteiger partial charge < -0.3 is 10.1 Å². The van der Waals surface area contributed by atoms with Gasteiger partial charge in [-0.3, -0.25) is 15.4 Å². The zero-order valence-electron chi connectivity index (χ0n) is 13.5. The number of ether oxygens (including phenoxy) is 1. The number of benzene rings is 1. The molecule has 0 aliphatic rings. The summed E-state index contributed by atoms with van der Waals surface area (Å²) in [5, 5.41) is 15.9. The summed E-state index contributed by atoms with van der Waals surface area (Å²) >= 11 is 4.98. The van der Waals surface area contributed by atoms with Gasteiger partial charge in [0.25, 0.3) is 0 Å². The predicted octanol–water partition coefficient (Wildman–Crippen LogP) is 3.41. The van der Waals surface area contributed by atoms with E-state index in [4.69, 9.17) is 17.0 Å². The van der Waals surface area contributed by atoms with Crippen molar-refractivity contribution in [2.75, 3.05) is 7.05 Å². The van der Waals surface area contributed by atoms with E-state index >= 15 is 0 Å². The summed E-state index contributed by atoms with van der Waals surface area (Å²) in [7, 11) is 1.34. The Balaban J connectivity index is 2.37. The largest absolute Gasteiger partial charge is 0.432 e. The monoisotopic (exact) mass is 400 g/mol. The van der Waals surface area contributed by atoms with Crippen molar-refractivity contribution < 1.29 is 27.6 Å². The number of carbonyl (C=O) groups is 1. The van der Waals surface area contributed by atoms with E-state index in [0.29, 0.717) is 6.20 Å². The molecule has 0 radical (unpaired) electrons. The molecule has 0 aliphatic carbocycles. The molecule has 0 saturated heterocycles. The number of alkyl halides is 3. The lowest BCUT2D eigenvalue weighted by Gasteiger charge is -2.11. The number of amides is 2. The van der Waals surface area contributed by atoms with Crippen LogP contribution in [0.3, 0.4) is 0 Å². The van der Waals surface area contributed by atoms with Gasteiger partial charge >= 0.3 is 17.9 Å². The summed E-state index contributed by atoms with van der Waals surface area (Å²) in [6.07, 6.45) is -4.03. The molecule has 1 aromatic carbocycles. The Bertz CT molecular complexity index is 888. The molecule has 0 aliphatic heterocycles. The number of pyridine rings is 1. The molecule has 2 N–H and O–H groups in total. The van der Waals surface area contributed by atoms with Crippen molar-refractivity contribution in [1.29, 1.82) is 0 Å². The third-order valence-corrected chi connectivity index (χ3v) is 3.48. The number of carbonyl (C=O) groups excluding carboxylic acids is 1. The Morgan fingerprint density at radius 1 is 1.30 bits per heavy atom. The molecule has 0 unspecified atom stereocenters. The molecule has 2 rings (SSSR count). The van der Waals surface area contributed by atoms with Crippen molar-refractivity contribution in [1.82, 2.24) is 15.6 Å². The smallest absolute Gasteiger partial charge is 0.417 e. The summed E-state index contributed by atoms with van der Waals surface area (Å²) in [6, 6.07) is 4.88. The predicted molar refractivity (Wildman–Crippen MR) is 91.7 cm³/mol. The van der Waals surface area contributed by atoms with E-state index < -0.39 is 28.4 Å². The van der Waals surface area contributed by atoms with E-state index in [0.717, 1.165) is 12.1 Å². The van der Waals surface area contributed by atoms with Gasteiger partial charge in [-0.15, -0.1) is 0 Å². The van der Waals surface area contributed by atoms with Gasteiger partial charge in [0, 0.05) is 19.3 Å². The molecule has 1 aromatic heterocycles. The van der Waals surface area contributed by atoms with E-state index in [-0.39, 0.29) is 22.2 Å². The van der Waals surface area contributed by atoms with Crippen LogP contribution in [0, 0.1) is 10.1 Å². The van der Waals surface area contributed by atoms with Gasteiger partial charge in [-0.2, -0.15) is 13.2 Å². The van der Waals surface area contributed by atoms with Crippen LogP contribution < -0.4 is 15.4 Å². The van der Waals surface area contributed by atoms with Crippen molar-refractivity contribution in [3.05, 3.63) is 57.8 Å². The quantitative estimate of drug-likeness (QED) is 0.463. The lowest BCUT2D eigenvalue weighted by Crippen LogP contribution is -2.37. The zero-order chi connectivity index (χ0) is 20.2. The van der Waals surface area contributed by atoms with E-state index in [1.54, 1.807) is 0 Å². The minimum absolute atomic E-state index is 0.108. The molecule has 1 heterocycles. The summed E-state index contributed by atoms with van der Waals surface area (Å²) in [5.74, 6) is -0.584. The highest BCUT2D eigenvalue weighted by atomic mass is 32.1. The first-order chi connectivity index (χ1) is 12.6. The first-order valence-electron chi connectivity index (χ1n) is 7.15. The van der Waals surface area contributed by atoms with Crippen LogP contribution in [0.5, 0.6) is 11.6 Å². The third-order valence-electron chi connectivity index (χ3n) is 3.16. The number of aromatic nitrogens is 1. The second kappa shape index (κ2) is 7.95. The van der Waals surface area contributed by atoms with E-state index in [1.807, 2.05) is 0 Å². The number of nitrogens with one attached hydrogen (secondary N) is 2. The molecule has 12 heteroatoms. The van der Waals surface area contributed by atoms with Crippen molar-refractivity contribution in [3.63, 3.8) is 0 Å². The normalized spacial score (nSPS) is 10.8. The van der Waals surface area contributed by atoms with Crippen LogP contribution in [-0.2, 0) is 6.18 Å². The minimum Gasteiger partial charge on any atom is -0.432 e. The van der Waals surface area contributed by atoms with E-state index in [2.05, 4.69) is 15.6 Å². The standard InChI is InChI=1S/C15H11F3N4O4S/c1-19-14(23)21-13(27)9-3-2-4-10(12(9)22(24)25)26-11-6-5-8(7-20-11)15(16,17)18/h2-7H,1H3,(H2,19,21,23,27). The molecule has 0 bridgehead atoms. The average molecular weight is 400 g/mol. The number of nitro groups is 1. The van der Waals surface area contributed by atoms with Crippen LogP contribution >= 0.6 is 12.2 Å². The minimum atomic E-state index is -4.57. The second-order valence-corrected chi connectivity index (χ2v) is 5.34. The highest BCUT2D eigenvalue weighted by molar-refractivity contribution is 7.80. The molecule has 2 aromatic rings. The van der Waals surface area contributed by atoms with Gasteiger partial charge in [0.2, 0.25) is 11.6 Å². The SMILES string of the molecule is CNC(=O)NC(=S)c1cccc(Oc2ccc(C(F)(F)F)cn2)c1[N+](=O)[O-]. The molecule has 0 atom stereocenters. The number of halogens is 3. The highest BCUT2D eigenvalue weighted by Gasteiger charge is 2.31. The maximum Gasteiger partial charge on any atom is 0.417 e. The van der Waals surface area contributed by atoms with Crippen molar-refractivity contribution in [3.8, 4) is 11.6 Å². The Kier molecular flexibility index (Phi) is 5.90. The summed E-state index contributed by atoms with van der Waals surface area (Å²) in [4.78, 5) is 25.3. The number of nitrogens with zero attached hydrogens (tertiary/aromatic N) is 2. The molecule has 0 fully saturated rings. The number of hydrogen-bond acceptors (Lipinski definition) is 6. The topological polar surface area (TPSA) is 106 Å². The molecule has 0 saturated carbocycles. The lowest BCUT2D eigenvalue weighted by atomic mass is 10.1. The highest BCUT2D eigenvalue weighted by Crippen LogP contribution is 2.35. The maximum atomic E-state index is 12.6. The summed E-state index contributed by atoms with van der Waals surface area (Å²) in [6.45, 7) is 0. The second-order valence-electron chi connectivity index (χ2n) is 4.93. The molecule has 0 spiro atoms. The number of urea groups is 1. The molecule has 142 valence electrons. The first kappa shape index (κ1) is 20.0. The Labute approximate surface area is 155 Å². The zero-order valence-corrected chi connectivity index (χ0v) is 14.4. The van der Waals surface area contributed by atoms with Crippen LogP contribution in [-0.4, -0.2) is 28.0 Å². The van der Waals surface area contributed by atoms with E-state index in [9.17, 15) is 28.1 Å². The van der Waals surface area contributed by atoms with Crippen molar-refractivity contribution in [2.24, 2.45) is 0 Å². The number of rotatable bonds is 4.